The van der Waals surface area contributed by atoms with E-state index in [1.807, 2.05) is 58.2 Å². The topological polar surface area (TPSA) is 32.3 Å². The molecule has 0 fully saturated rings. The lowest BCUT2D eigenvalue weighted by molar-refractivity contribution is 0.111. The van der Waals surface area contributed by atoms with Crippen molar-refractivity contribution in [3.05, 3.63) is 47.0 Å². The van der Waals surface area contributed by atoms with Crippen LogP contribution in [0.5, 0.6) is 0 Å². The van der Waals surface area contributed by atoms with Crippen LogP contribution in [-0.2, 0) is 6.42 Å². The van der Waals surface area contributed by atoms with Crippen molar-refractivity contribution >= 4 is 17.2 Å². The van der Waals surface area contributed by atoms with Crippen LogP contribution >= 0.6 is 12.2 Å². The molecule has 98 valence electrons. The van der Waals surface area contributed by atoms with E-state index in [9.17, 15) is 5.11 Å². The molecule has 0 aliphatic heterocycles. The fourth-order valence-corrected chi connectivity index (χ4v) is 2.29. The van der Waals surface area contributed by atoms with Crippen molar-refractivity contribution in [3.63, 3.8) is 0 Å². The minimum Gasteiger partial charge on any atom is -0.386 e. The maximum atomic E-state index is 10.4. The first kappa shape index (κ1) is 14.9. The number of thiocarbonyl (C=S) groups is 1. The molecule has 18 heavy (non-hydrogen) atoms. The summed E-state index contributed by atoms with van der Waals surface area (Å²) in [5, 5.41) is 13.4. The normalized spacial score (nSPS) is 13.6. The third kappa shape index (κ3) is 4.24. The maximum absolute atomic E-state index is 10.4. The summed E-state index contributed by atoms with van der Waals surface area (Å²) >= 11 is 5.28. The Morgan fingerprint density at radius 2 is 2.00 bits per heavy atom. The van der Waals surface area contributed by atoms with Gasteiger partial charge in [-0.05, 0) is 26.3 Å². The van der Waals surface area contributed by atoms with Crippen molar-refractivity contribution in [1.29, 1.82) is 0 Å². The summed E-state index contributed by atoms with van der Waals surface area (Å²) in [7, 11) is 1.81. The SMILES string of the molecule is CNC(=S)c1ccccc1CC(C)(O)C=C(C)C. The van der Waals surface area contributed by atoms with Gasteiger partial charge in [0.05, 0.1) is 5.60 Å². The van der Waals surface area contributed by atoms with Gasteiger partial charge < -0.3 is 10.4 Å². The van der Waals surface area contributed by atoms with Gasteiger partial charge in [0.2, 0.25) is 0 Å². The lowest BCUT2D eigenvalue weighted by atomic mass is 9.92. The smallest absolute Gasteiger partial charge is 0.106 e. The van der Waals surface area contributed by atoms with E-state index in [4.69, 9.17) is 12.2 Å². The minimum absolute atomic E-state index is 0.552. The third-order valence-electron chi connectivity index (χ3n) is 2.64. The van der Waals surface area contributed by atoms with Crippen LogP contribution in [0.1, 0.15) is 31.9 Å². The van der Waals surface area contributed by atoms with E-state index in [1.54, 1.807) is 0 Å². The number of benzene rings is 1. The quantitative estimate of drug-likeness (QED) is 0.647. The highest BCUT2D eigenvalue weighted by molar-refractivity contribution is 7.80. The molecule has 1 aromatic rings. The van der Waals surface area contributed by atoms with Crippen molar-refractivity contribution in [2.45, 2.75) is 32.8 Å². The summed E-state index contributed by atoms with van der Waals surface area (Å²) in [5.41, 5.74) is 2.30. The molecule has 1 rings (SSSR count). The molecule has 0 aromatic heterocycles. The van der Waals surface area contributed by atoms with Crippen molar-refractivity contribution in [1.82, 2.24) is 5.32 Å². The van der Waals surface area contributed by atoms with Gasteiger partial charge in [-0.15, -0.1) is 0 Å². The van der Waals surface area contributed by atoms with Crippen LogP contribution in [0.4, 0.5) is 0 Å². The Morgan fingerprint density at radius 1 is 1.39 bits per heavy atom. The predicted octanol–water partition coefficient (Wildman–Crippen LogP) is 2.84. The Morgan fingerprint density at radius 3 is 2.56 bits per heavy atom. The van der Waals surface area contributed by atoms with Crippen LogP contribution < -0.4 is 5.32 Å². The van der Waals surface area contributed by atoms with Crippen LogP contribution in [0, 0.1) is 0 Å². The van der Waals surface area contributed by atoms with Crippen LogP contribution in [0.3, 0.4) is 0 Å². The van der Waals surface area contributed by atoms with E-state index in [2.05, 4.69) is 5.32 Å². The van der Waals surface area contributed by atoms with Gasteiger partial charge in [-0.25, -0.2) is 0 Å². The number of rotatable bonds is 4. The third-order valence-corrected chi connectivity index (χ3v) is 3.06. The Kier molecular flexibility index (Phi) is 5.05. The Balaban J connectivity index is 3.05. The standard InChI is InChI=1S/C15H21NOS/c1-11(2)9-15(3,17)10-12-7-5-6-8-13(12)14(18)16-4/h5-9,17H,10H2,1-4H3,(H,16,18). The second-order valence-corrected chi connectivity index (χ2v) is 5.40. The molecule has 1 atom stereocenters. The zero-order valence-corrected chi connectivity index (χ0v) is 12.3. The molecule has 0 bridgehead atoms. The molecule has 0 radical (unpaired) electrons. The highest BCUT2D eigenvalue weighted by Crippen LogP contribution is 2.19. The second-order valence-electron chi connectivity index (χ2n) is 4.99. The van der Waals surface area contributed by atoms with Crippen molar-refractivity contribution in [2.75, 3.05) is 7.05 Å². The minimum atomic E-state index is -0.849. The van der Waals surface area contributed by atoms with Gasteiger partial charge in [0.1, 0.15) is 4.99 Å². The number of nitrogens with one attached hydrogen (secondary N) is 1. The first-order valence-electron chi connectivity index (χ1n) is 6.04. The number of hydrogen-bond donors (Lipinski definition) is 2. The number of aliphatic hydroxyl groups is 1. The van der Waals surface area contributed by atoms with Crippen molar-refractivity contribution < 1.29 is 5.11 Å². The molecule has 0 heterocycles. The van der Waals surface area contributed by atoms with E-state index < -0.39 is 5.60 Å². The number of hydrogen-bond acceptors (Lipinski definition) is 2. The van der Waals surface area contributed by atoms with Crippen LogP contribution in [-0.4, -0.2) is 22.7 Å². The molecule has 1 unspecified atom stereocenters. The van der Waals surface area contributed by atoms with Gasteiger partial charge >= 0.3 is 0 Å². The first-order valence-corrected chi connectivity index (χ1v) is 6.45. The van der Waals surface area contributed by atoms with E-state index >= 15 is 0 Å². The summed E-state index contributed by atoms with van der Waals surface area (Å²) in [6.45, 7) is 5.79. The number of allylic oxidation sites excluding steroid dienone is 1. The van der Waals surface area contributed by atoms with Crippen molar-refractivity contribution in [2.24, 2.45) is 0 Å². The van der Waals surface area contributed by atoms with Gasteiger partial charge in [0, 0.05) is 19.0 Å². The molecule has 0 saturated carbocycles. The first-order chi connectivity index (χ1) is 8.35. The lowest BCUT2D eigenvalue weighted by Crippen LogP contribution is -2.27. The molecule has 3 heteroatoms. The van der Waals surface area contributed by atoms with Crippen LogP contribution in [0.15, 0.2) is 35.9 Å². The fraction of sp³-hybridized carbons (Fsp3) is 0.400. The molecule has 0 aliphatic rings. The van der Waals surface area contributed by atoms with Gasteiger partial charge in [-0.2, -0.15) is 0 Å². The lowest BCUT2D eigenvalue weighted by Gasteiger charge is -2.22. The van der Waals surface area contributed by atoms with Crippen LogP contribution in [0.2, 0.25) is 0 Å². The molecular formula is C15H21NOS. The molecule has 0 saturated heterocycles. The average molecular weight is 263 g/mol. The van der Waals surface area contributed by atoms with Gasteiger partial charge in [-0.3, -0.25) is 0 Å². The van der Waals surface area contributed by atoms with Crippen molar-refractivity contribution in [3.8, 4) is 0 Å². The largest absolute Gasteiger partial charge is 0.386 e. The van der Waals surface area contributed by atoms with Gasteiger partial charge in [0.25, 0.3) is 0 Å². The summed E-state index contributed by atoms with van der Waals surface area (Å²) < 4.78 is 0. The molecule has 2 nitrogen and oxygen atoms in total. The Labute approximate surface area is 115 Å². The summed E-state index contributed by atoms with van der Waals surface area (Å²) in [6.07, 6.45) is 2.43. The summed E-state index contributed by atoms with van der Waals surface area (Å²) in [6, 6.07) is 7.91. The van der Waals surface area contributed by atoms with Gasteiger partial charge in [-0.1, -0.05) is 48.1 Å². The molecule has 0 amide bonds. The van der Waals surface area contributed by atoms with Gasteiger partial charge in [0.15, 0.2) is 0 Å². The van der Waals surface area contributed by atoms with Crippen LogP contribution in [0.25, 0.3) is 0 Å². The van der Waals surface area contributed by atoms with E-state index in [-0.39, 0.29) is 0 Å². The molecule has 2 N–H and O–H groups in total. The average Bonchev–Trinajstić information content (AvgIpc) is 2.26. The van der Waals surface area contributed by atoms with E-state index in [0.717, 1.165) is 16.7 Å². The molecule has 0 spiro atoms. The monoisotopic (exact) mass is 263 g/mol. The van der Waals surface area contributed by atoms with E-state index in [0.29, 0.717) is 11.4 Å². The summed E-state index contributed by atoms with van der Waals surface area (Å²) in [5.74, 6) is 0. The second kappa shape index (κ2) is 6.12. The fourth-order valence-electron chi connectivity index (χ4n) is 2.09. The van der Waals surface area contributed by atoms with E-state index in [1.165, 1.54) is 0 Å². The highest BCUT2D eigenvalue weighted by atomic mass is 32.1. The molecular weight excluding hydrogens is 242 g/mol. The molecule has 1 aromatic carbocycles. The highest BCUT2D eigenvalue weighted by Gasteiger charge is 2.20. The summed E-state index contributed by atoms with van der Waals surface area (Å²) in [4.78, 5) is 0.707. The zero-order valence-electron chi connectivity index (χ0n) is 11.4. The Bertz CT molecular complexity index is 459. The Hall–Kier alpha value is -1.19. The predicted molar refractivity (Wildman–Crippen MR) is 81.0 cm³/mol. The molecule has 0 aliphatic carbocycles. The maximum Gasteiger partial charge on any atom is 0.106 e. The zero-order chi connectivity index (χ0) is 13.8.